The van der Waals surface area contributed by atoms with Gasteiger partial charge in [-0.15, -0.1) is 0 Å². The highest BCUT2D eigenvalue weighted by Gasteiger charge is 2.28. The predicted molar refractivity (Wildman–Crippen MR) is 50.4 cm³/mol. The molecule has 0 bridgehead atoms. The van der Waals surface area contributed by atoms with Crippen molar-refractivity contribution in [2.45, 2.75) is 33.0 Å². The summed E-state index contributed by atoms with van der Waals surface area (Å²) in [7, 11) is 0. The second-order valence-corrected chi connectivity index (χ2v) is 3.48. The highest BCUT2D eigenvalue weighted by molar-refractivity contribution is 5.88. The minimum Gasteiger partial charge on any atom is -0.460 e. The van der Waals surface area contributed by atoms with Crippen molar-refractivity contribution in [3.05, 3.63) is 17.0 Å². The molecule has 0 saturated heterocycles. The molecule has 2 heterocycles. The lowest BCUT2D eigenvalue weighted by Gasteiger charge is -2.17. The number of rotatable bonds is 2. The van der Waals surface area contributed by atoms with Gasteiger partial charge >= 0.3 is 5.97 Å². The van der Waals surface area contributed by atoms with Crippen LogP contribution in [-0.2, 0) is 22.5 Å². The summed E-state index contributed by atoms with van der Waals surface area (Å²) in [6, 6.07) is 0. The van der Waals surface area contributed by atoms with Crippen molar-refractivity contribution in [2.24, 2.45) is 0 Å². The van der Waals surface area contributed by atoms with Crippen LogP contribution in [0.2, 0.25) is 0 Å². The number of hydrogen-bond acceptors (Lipinski definition) is 5. The number of esters is 1. The van der Waals surface area contributed by atoms with Gasteiger partial charge in [0.15, 0.2) is 0 Å². The third-order valence-electron chi connectivity index (χ3n) is 2.33. The molecule has 0 N–H and O–H groups in total. The summed E-state index contributed by atoms with van der Waals surface area (Å²) < 4.78 is 15.2. The Kier molecular flexibility index (Phi) is 2.73. The van der Waals surface area contributed by atoms with Crippen LogP contribution in [0.3, 0.4) is 0 Å². The van der Waals surface area contributed by atoms with Crippen LogP contribution in [0.25, 0.3) is 0 Å². The molecule has 1 unspecified atom stereocenters. The van der Waals surface area contributed by atoms with Gasteiger partial charge in [-0.3, -0.25) is 0 Å². The maximum absolute atomic E-state index is 11.5. The van der Waals surface area contributed by atoms with Crippen molar-refractivity contribution in [1.29, 1.82) is 0 Å². The number of nitrogens with zero attached hydrogens (tertiary/aromatic N) is 1. The number of hydrogen-bond donors (Lipinski definition) is 0. The van der Waals surface area contributed by atoms with Crippen LogP contribution in [0.5, 0.6) is 0 Å². The molecule has 5 heteroatoms. The molecule has 1 aliphatic heterocycles. The molecule has 1 aromatic heterocycles. The first-order chi connectivity index (χ1) is 7.22. The van der Waals surface area contributed by atoms with Crippen molar-refractivity contribution >= 4 is 5.97 Å². The van der Waals surface area contributed by atoms with E-state index in [2.05, 4.69) is 5.16 Å². The van der Waals surface area contributed by atoms with Crippen LogP contribution in [0.1, 0.15) is 35.7 Å². The van der Waals surface area contributed by atoms with Gasteiger partial charge in [-0.1, -0.05) is 5.16 Å². The molecule has 0 fully saturated rings. The Balaban J connectivity index is 2.26. The molecule has 0 spiro atoms. The molecule has 0 aliphatic carbocycles. The molecule has 15 heavy (non-hydrogen) atoms. The first-order valence-electron chi connectivity index (χ1n) is 4.98. The summed E-state index contributed by atoms with van der Waals surface area (Å²) in [6.07, 6.45) is 0.734. The number of carbonyl (C=O) groups is 1. The summed E-state index contributed by atoms with van der Waals surface area (Å²) in [5.74, 6) is -0.220. The van der Waals surface area contributed by atoms with Crippen LogP contribution < -0.4 is 0 Å². The van der Waals surface area contributed by atoms with Gasteiger partial charge in [0.2, 0.25) is 5.76 Å². The average Bonchev–Trinajstić information content (AvgIpc) is 2.60. The first-order valence-corrected chi connectivity index (χ1v) is 4.98. The summed E-state index contributed by atoms with van der Waals surface area (Å²) >= 11 is 0. The molecular formula is C10H13NO4. The molecule has 0 saturated carbocycles. The zero-order valence-corrected chi connectivity index (χ0v) is 8.78. The lowest BCUT2D eigenvalue weighted by Crippen LogP contribution is -2.20. The van der Waals surface area contributed by atoms with Crippen LogP contribution >= 0.6 is 0 Å². The predicted octanol–water partition coefficient (Wildman–Crippen LogP) is 1.31. The Bertz CT molecular complexity index is 371. The van der Waals surface area contributed by atoms with E-state index in [0.29, 0.717) is 25.3 Å². The van der Waals surface area contributed by atoms with Crippen LogP contribution in [0.15, 0.2) is 4.52 Å². The molecule has 1 atom stereocenters. The zero-order chi connectivity index (χ0) is 10.8. The molecule has 1 aliphatic rings. The Morgan fingerprint density at radius 1 is 1.67 bits per heavy atom. The monoisotopic (exact) mass is 211 g/mol. The molecular weight excluding hydrogens is 198 g/mol. The second kappa shape index (κ2) is 4.02. The average molecular weight is 211 g/mol. The molecule has 0 aromatic carbocycles. The van der Waals surface area contributed by atoms with Crippen LogP contribution in [0, 0.1) is 0 Å². The van der Waals surface area contributed by atoms with Gasteiger partial charge in [0.05, 0.1) is 19.3 Å². The SMILES string of the molecule is CCOC(=O)c1onc2c1CC(C)OC2. The van der Waals surface area contributed by atoms with Crippen molar-refractivity contribution < 1.29 is 18.8 Å². The standard InChI is InChI=1S/C10H13NO4/c1-3-13-10(12)9-7-4-6(2)14-5-8(7)11-15-9/h6H,3-5H2,1-2H3. The van der Waals surface area contributed by atoms with E-state index in [1.54, 1.807) is 6.92 Å². The largest absolute Gasteiger partial charge is 0.460 e. The van der Waals surface area contributed by atoms with Crippen molar-refractivity contribution in [2.75, 3.05) is 6.61 Å². The molecule has 0 amide bonds. The zero-order valence-electron chi connectivity index (χ0n) is 8.78. The fraction of sp³-hybridized carbons (Fsp3) is 0.600. The number of carbonyl (C=O) groups excluding carboxylic acids is 1. The van der Waals surface area contributed by atoms with E-state index in [1.807, 2.05) is 6.92 Å². The molecule has 0 radical (unpaired) electrons. The van der Waals surface area contributed by atoms with Crippen molar-refractivity contribution in [1.82, 2.24) is 5.16 Å². The van der Waals surface area contributed by atoms with Crippen LogP contribution in [-0.4, -0.2) is 23.8 Å². The van der Waals surface area contributed by atoms with Gasteiger partial charge in [-0.05, 0) is 13.8 Å². The Hall–Kier alpha value is -1.36. The smallest absolute Gasteiger partial charge is 0.377 e. The fourth-order valence-corrected chi connectivity index (χ4v) is 1.59. The molecule has 1 aromatic rings. The van der Waals surface area contributed by atoms with Crippen LogP contribution in [0.4, 0.5) is 0 Å². The third kappa shape index (κ3) is 1.87. The Morgan fingerprint density at radius 2 is 2.47 bits per heavy atom. The molecule has 5 nitrogen and oxygen atoms in total. The van der Waals surface area contributed by atoms with Crippen molar-refractivity contribution in [3.8, 4) is 0 Å². The summed E-state index contributed by atoms with van der Waals surface area (Å²) in [4.78, 5) is 11.5. The lowest BCUT2D eigenvalue weighted by atomic mass is 10.0. The van der Waals surface area contributed by atoms with Crippen molar-refractivity contribution in [3.63, 3.8) is 0 Å². The maximum Gasteiger partial charge on any atom is 0.377 e. The minimum atomic E-state index is -0.444. The summed E-state index contributed by atoms with van der Waals surface area (Å²) in [5, 5.41) is 3.79. The maximum atomic E-state index is 11.5. The highest BCUT2D eigenvalue weighted by atomic mass is 16.6. The van der Waals surface area contributed by atoms with E-state index in [4.69, 9.17) is 14.0 Å². The molecule has 82 valence electrons. The topological polar surface area (TPSA) is 61.6 Å². The second-order valence-electron chi connectivity index (χ2n) is 3.48. The van der Waals surface area contributed by atoms with Gasteiger partial charge < -0.3 is 14.0 Å². The lowest BCUT2D eigenvalue weighted by molar-refractivity contribution is 0.0379. The number of ether oxygens (including phenoxy) is 2. The number of aromatic nitrogens is 1. The Labute approximate surface area is 87.3 Å². The fourth-order valence-electron chi connectivity index (χ4n) is 1.59. The van der Waals surface area contributed by atoms with Gasteiger partial charge in [0.1, 0.15) is 5.69 Å². The van der Waals surface area contributed by atoms with E-state index >= 15 is 0 Å². The normalized spacial score (nSPS) is 19.7. The van der Waals surface area contributed by atoms with E-state index in [9.17, 15) is 4.79 Å². The van der Waals surface area contributed by atoms with E-state index < -0.39 is 5.97 Å². The first kappa shape index (κ1) is 10.2. The van der Waals surface area contributed by atoms with Gasteiger partial charge in [-0.2, -0.15) is 0 Å². The quantitative estimate of drug-likeness (QED) is 0.690. The Morgan fingerprint density at radius 3 is 3.20 bits per heavy atom. The van der Waals surface area contributed by atoms with Gasteiger partial charge in [0.25, 0.3) is 0 Å². The summed E-state index contributed by atoms with van der Waals surface area (Å²) in [5.41, 5.74) is 1.53. The summed E-state index contributed by atoms with van der Waals surface area (Å²) in [6.45, 7) is 4.44. The molecule has 2 rings (SSSR count). The van der Waals surface area contributed by atoms with Gasteiger partial charge in [0, 0.05) is 12.0 Å². The highest BCUT2D eigenvalue weighted by Crippen LogP contribution is 2.23. The van der Waals surface area contributed by atoms with E-state index in [-0.39, 0.29) is 11.9 Å². The minimum absolute atomic E-state index is 0.0880. The third-order valence-corrected chi connectivity index (χ3v) is 2.33. The number of fused-ring (bicyclic) bond motifs is 1. The van der Waals surface area contributed by atoms with E-state index in [0.717, 1.165) is 5.56 Å². The van der Waals surface area contributed by atoms with E-state index in [1.165, 1.54) is 0 Å². The van der Waals surface area contributed by atoms with Gasteiger partial charge in [-0.25, -0.2) is 4.79 Å².